The largest absolute Gasteiger partial charge is 0.416 e. The van der Waals surface area contributed by atoms with Gasteiger partial charge in [-0.2, -0.15) is 13.2 Å². The third-order valence-corrected chi connectivity index (χ3v) is 4.55. The Morgan fingerprint density at radius 2 is 1.67 bits per heavy atom. The van der Waals surface area contributed by atoms with Crippen molar-refractivity contribution < 1.29 is 23.0 Å². The van der Waals surface area contributed by atoms with E-state index < -0.39 is 17.8 Å². The number of aromatic nitrogens is 2. The average molecular weight is 375 g/mol. The van der Waals surface area contributed by atoms with Crippen LogP contribution in [0.4, 0.5) is 19.0 Å². The first-order valence-electron chi connectivity index (χ1n) is 8.39. The molecule has 1 aromatic heterocycles. The zero-order valence-corrected chi connectivity index (χ0v) is 14.1. The number of ether oxygens (including phenoxy) is 1. The Balaban J connectivity index is 1.73. The molecule has 0 saturated carbocycles. The summed E-state index contributed by atoms with van der Waals surface area (Å²) in [5.74, 6) is 0.496. The van der Waals surface area contributed by atoms with Gasteiger partial charge in [-0.15, -0.1) is 10.2 Å². The molecule has 4 rings (SSSR count). The van der Waals surface area contributed by atoms with E-state index in [0.717, 1.165) is 22.9 Å². The lowest BCUT2D eigenvalue weighted by Crippen LogP contribution is -2.32. The molecule has 0 spiro atoms. The van der Waals surface area contributed by atoms with Gasteiger partial charge in [0, 0.05) is 16.3 Å². The minimum atomic E-state index is -4.38. The first kappa shape index (κ1) is 17.7. The predicted octanol–water partition coefficient (Wildman–Crippen LogP) is 3.49. The number of nitrogens with zero attached hydrogens (tertiary/aromatic N) is 2. The van der Waals surface area contributed by atoms with Gasteiger partial charge in [-0.3, -0.25) is 0 Å². The van der Waals surface area contributed by atoms with Crippen molar-refractivity contribution in [2.45, 2.75) is 18.3 Å². The molecule has 2 heterocycles. The van der Waals surface area contributed by atoms with Crippen LogP contribution < -0.4 is 5.32 Å². The van der Waals surface area contributed by atoms with E-state index in [9.17, 15) is 18.3 Å². The van der Waals surface area contributed by atoms with Gasteiger partial charge in [0.25, 0.3) is 0 Å². The first-order chi connectivity index (χ1) is 12.9. The van der Waals surface area contributed by atoms with E-state index >= 15 is 0 Å². The maximum atomic E-state index is 12.8. The van der Waals surface area contributed by atoms with E-state index in [1.165, 1.54) is 12.1 Å². The molecule has 1 saturated heterocycles. The summed E-state index contributed by atoms with van der Waals surface area (Å²) < 4.78 is 43.6. The molecule has 0 amide bonds. The van der Waals surface area contributed by atoms with Crippen LogP contribution in [0.5, 0.6) is 0 Å². The van der Waals surface area contributed by atoms with Crippen molar-refractivity contribution in [3.8, 4) is 11.3 Å². The second-order valence-electron chi connectivity index (χ2n) is 6.37. The van der Waals surface area contributed by atoms with Gasteiger partial charge in [0.2, 0.25) is 0 Å². The van der Waals surface area contributed by atoms with Crippen LogP contribution in [-0.2, 0) is 10.9 Å². The Hall–Kier alpha value is -2.71. The number of halogens is 3. The van der Waals surface area contributed by atoms with Crippen LogP contribution in [0.15, 0.2) is 48.5 Å². The summed E-state index contributed by atoms with van der Waals surface area (Å²) in [6.45, 7) is 0.616. The summed E-state index contributed by atoms with van der Waals surface area (Å²) in [6, 6.07) is 11.9. The highest BCUT2D eigenvalue weighted by molar-refractivity contribution is 6.00. The fraction of sp³-hybridized carbons (Fsp3) is 0.263. The van der Waals surface area contributed by atoms with Crippen LogP contribution in [0.3, 0.4) is 0 Å². The summed E-state index contributed by atoms with van der Waals surface area (Å²) in [7, 11) is 0. The molecule has 8 heteroatoms. The summed E-state index contributed by atoms with van der Waals surface area (Å²) in [6.07, 6.45) is -5.02. The first-order valence-corrected chi connectivity index (χ1v) is 8.39. The minimum absolute atomic E-state index is 0.257. The number of nitrogens with one attached hydrogen (secondary N) is 1. The van der Waals surface area contributed by atoms with Gasteiger partial charge >= 0.3 is 6.18 Å². The van der Waals surface area contributed by atoms with Crippen LogP contribution in [0.1, 0.15) is 5.56 Å². The van der Waals surface area contributed by atoms with Gasteiger partial charge in [-0.25, -0.2) is 0 Å². The summed E-state index contributed by atoms with van der Waals surface area (Å²) in [5, 5.41) is 23.0. The van der Waals surface area contributed by atoms with Gasteiger partial charge in [-0.05, 0) is 12.1 Å². The average Bonchev–Trinajstić information content (AvgIpc) is 3.06. The number of hydrogen-bond donors (Lipinski definition) is 2. The zero-order chi connectivity index (χ0) is 19.0. The number of rotatable bonds is 3. The lowest BCUT2D eigenvalue weighted by molar-refractivity contribution is -0.137. The highest BCUT2D eigenvalue weighted by atomic mass is 19.4. The standard InChI is InChI=1S/C19H16F3N3O2/c20-19(21,22)12-7-5-11(6-8-12)17-13-3-1-2-4-14(13)18(25-24-17)23-15-9-27-10-16(15)26/h1-8,15-16,26H,9-10H2,(H,23,25)/t15-,16-/m0/s1. The van der Waals surface area contributed by atoms with Crippen molar-refractivity contribution in [2.75, 3.05) is 18.5 Å². The van der Waals surface area contributed by atoms with Gasteiger partial charge in [0.05, 0.1) is 30.9 Å². The number of aliphatic hydroxyl groups excluding tert-OH is 1. The molecule has 1 fully saturated rings. The van der Waals surface area contributed by atoms with Gasteiger partial charge in [0.1, 0.15) is 5.69 Å². The number of anilines is 1. The number of fused-ring (bicyclic) bond motifs is 1. The molecule has 1 aliphatic heterocycles. The zero-order valence-electron chi connectivity index (χ0n) is 14.1. The van der Waals surface area contributed by atoms with Crippen LogP contribution in [0, 0.1) is 0 Å². The summed E-state index contributed by atoms with van der Waals surface area (Å²) in [5.41, 5.74) is 0.326. The molecule has 0 aliphatic carbocycles. The van der Waals surface area contributed by atoms with E-state index in [2.05, 4.69) is 15.5 Å². The molecule has 140 valence electrons. The molecule has 0 unspecified atom stereocenters. The van der Waals surface area contributed by atoms with Crippen molar-refractivity contribution in [3.05, 3.63) is 54.1 Å². The molecule has 2 N–H and O–H groups in total. The normalized spacial score (nSPS) is 20.1. The Kier molecular flexibility index (Phi) is 4.45. The molecule has 5 nitrogen and oxygen atoms in total. The van der Waals surface area contributed by atoms with E-state index in [0.29, 0.717) is 23.7 Å². The topological polar surface area (TPSA) is 67.3 Å². The van der Waals surface area contributed by atoms with E-state index in [4.69, 9.17) is 4.74 Å². The number of aliphatic hydroxyl groups is 1. The molecule has 2 aromatic carbocycles. The van der Waals surface area contributed by atoms with Crippen LogP contribution in [0.25, 0.3) is 22.0 Å². The molecule has 2 atom stereocenters. The molecular formula is C19H16F3N3O2. The molecule has 27 heavy (non-hydrogen) atoms. The van der Waals surface area contributed by atoms with Crippen molar-refractivity contribution in [3.63, 3.8) is 0 Å². The second-order valence-corrected chi connectivity index (χ2v) is 6.37. The SMILES string of the molecule is O[C@H]1COC[C@@H]1Nc1nnc(-c2ccc(C(F)(F)F)cc2)c2ccccc12. The van der Waals surface area contributed by atoms with Crippen LogP contribution in [-0.4, -0.2) is 40.7 Å². The number of hydrogen-bond acceptors (Lipinski definition) is 5. The quantitative estimate of drug-likeness (QED) is 0.734. The van der Waals surface area contributed by atoms with E-state index in [1.54, 1.807) is 0 Å². The maximum Gasteiger partial charge on any atom is 0.416 e. The molecule has 0 bridgehead atoms. The third-order valence-electron chi connectivity index (χ3n) is 4.55. The lowest BCUT2D eigenvalue weighted by Gasteiger charge is -2.17. The second kappa shape index (κ2) is 6.79. The summed E-state index contributed by atoms with van der Waals surface area (Å²) >= 11 is 0. The predicted molar refractivity (Wildman–Crippen MR) is 94.2 cm³/mol. The molecule has 1 aliphatic rings. The van der Waals surface area contributed by atoms with Gasteiger partial charge in [-0.1, -0.05) is 36.4 Å². The lowest BCUT2D eigenvalue weighted by atomic mass is 10.0. The highest BCUT2D eigenvalue weighted by Crippen LogP contribution is 2.33. The Labute approximate surface area is 152 Å². The van der Waals surface area contributed by atoms with E-state index in [-0.39, 0.29) is 12.6 Å². The van der Waals surface area contributed by atoms with Crippen LogP contribution in [0.2, 0.25) is 0 Å². The maximum absolute atomic E-state index is 12.8. The molecular weight excluding hydrogens is 359 g/mol. The van der Waals surface area contributed by atoms with Crippen molar-refractivity contribution >= 4 is 16.6 Å². The van der Waals surface area contributed by atoms with Crippen LogP contribution >= 0.6 is 0 Å². The highest BCUT2D eigenvalue weighted by Gasteiger charge is 2.30. The van der Waals surface area contributed by atoms with E-state index in [1.807, 2.05) is 24.3 Å². The Morgan fingerprint density at radius 3 is 2.30 bits per heavy atom. The Bertz CT molecular complexity index is 961. The fourth-order valence-corrected chi connectivity index (χ4v) is 3.10. The third kappa shape index (κ3) is 3.45. The minimum Gasteiger partial charge on any atom is -0.388 e. The Morgan fingerprint density at radius 1 is 0.963 bits per heavy atom. The van der Waals surface area contributed by atoms with Crippen molar-refractivity contribution in [1.82, 2.24) is 10.2 Å². The number of benzene rings is 2. The smallest absolute Gasteiger partial charge is 0.388 e. The molecule has 3 aromatic rings. The summed E-state index contributed by atoms with van der Waals surface area (Å²) in [4.78, 5) is 0. The van der Waals surface area contributed by atoms with Crippen molar-refractivity contribution in [2.24, 2.45) is 0 Å². The van der Waals surface area contributed by atoms with Crippen molar-refractivity contribution in [1.29, 1.82) is 0 Å². The van der Waals surface area contributed by atoms with Gasteiger partial charge < -0.3 is 15.2 Å². The fourth-order valence-electron chi connectivity index (χ4n) is 3.10. The van der Waals surface area contributed by atoms with Gasteiger partial charge in [0.15, 0.2) is 5.82 Å². The molecule has 0 radical (unpaired) electrons. The monoisotopic (exact) mass is 375 g/mol. The number of alkyl halides is 3.